The largest absolute Gasteiger partial charge is 0.478 e. The van der Waals surface area contributed by atoms with E-state index in [-0.39, 0.29) is 28.5 Å². The number of fused-ring (bicyclic) bond motifs is 8. The lowest BCUT2D eigenvalue weighted by molar-refractivity contribution is -0.443. The maximum Gasteiger partial charge on any atom is 0.335 e. The average Bonchev–Trinajstić information content (AvgIpc) is 3.49. The molecule has 2 unspecified atom stereocenters. The van der Waals surface area contributed by atoms with Gasteiger partial charge in [0, 0.05) is 62.4 Å². The third kappa shape index (κ3) is 5.21. The number of anilines is 2. The molecule has 5 heterocycles. The Morgan fingerprint density at radius 2 is 1.56 bits per heavy atom. The molecule has 3 aromatic rings. The molecule has 0 bridgehead atoms. The van der Waals surface area contributed by atoms with Gasteiger partial charge in [-0.1, -0.05) is 23.9 Å². The second-order valence-electron chi connectivity index (χ2n) is 14.1. The number of benzene rings is 3. The monoisotopic (exact) mass is 717 g/mol. The lowest BCUT2D eigenvalue weighted by atomic mass is 9.72. The number of allylic oxidation sites excluding steroid dienone is 1. The molecule has 0 aromatic heterocycles. The Morgan fingerprint density at radius 1 is 0.880 bits per heavy atom. The minimum absolute atomic E-state index is 0.0559. The van der Waals surface area contributed by atoms with E-state index in [2.05, 4.69) is 88.0 Å². The molecule has 0 spiro atoms. The molecule has 5 aliphatic heterocycles. The van der Waals surface area contributed by atoms with Crippen LogP contribution in [-0.4, -0.2) is 62.1 Å². The van der Waals surface area contributed by atoms with Crippen molar-refractivity contribution < 1.29 is 43.7 Å². The zero-order valence-electron chi connectivity index (χ0n) is 27.9. The van der Waals surface area contributed by atoms with Crippen molar-refractivity contribution in [1.82, 2.24) is 5.01 Å². The van der Waals surface area contributed by atoms with Gasteiger partial charge in [-0.2, -0.15) is 4.58 Å². The van der Waals surface area contributed by atoms with Crippen LogP contribution in [0.25, 0.3) is 0 Å². The Bertz CT molecular complexity index is 1990. The number of hydrogen-bond donors (Lipinski definition) is 4. The van der Waals surface area contributed by atoms with Crippen LogP contribution in [-0.2, 0) is 29.6 Å². The van der Waals surface area contributed by atoms with Crippen molar-refractivity contribution in [2.24, 2.45) is 0 Å². The molecule has 0 fully saturated rings. The van der Waals surface area contributed by atoms with Crippen LogP contribution in [0.1, 0.15) is 62.0 Å². The van der Waals surface area contributed by atoms with Crippen LogP contribution >= 0.6 is 24.1 Å². The predicted octanol–water partition coefficient (Wildman–Crippen LogP) is 7.48. The third-order valence-electron chi connectivity index (χ3n) is 10.8. The van der Waals surface area contributed by atoms with E-state index in [1.165, 1.54) is 33.7 Å². The van der Waals surface area contributed by atoms with E-state index in [0.717, 1.165) is 76.9 Å². The highest BCUT2D eigenvalue weighted by Crippen LogP contribution is 2.55. The highest BCUT2D eigenvalue weighted by molar-refractivity contribution is 7.94. The summed E-state index contributed by atoms with van der Waals surface area (Å²) in [7, 11) is 0. The first-order valence-corrected chi connectivity index (χ1v) is 17.9. The minimum Gasteiger partial charge on any atom is -0.478 e. The fourth-order valence-corrected chi connectivity index (χ4v) is 9.59. The van der Waals surface area contributed by atoms with Gasteiger partial charge in [-0.25, -0.2) is 20.3 Å². The molecule has 260 valence electrons. The Kier molecular flexibility index (Phi) is 8.37. The minimum atomic E-state index is -0.956. The quantitative estimate of drug-likeness (QED) is 0.0754. The van der Waals surface area contributed by atoms with Gasteiger partial charge in [0.2, 0.25) is 5.69 Å². The molecule has 0 saturated carbocycles. The van der Waals surface area contributed by atoms with Gasteiger partial charge in [0.15, 0.2) is 12.3 Å². The molecule has 3 aromatic carbocycles. The Balaban J connectivity index is 1.28. The fourth-order valence-electron chi connectivity index (χ4n) is 8.80. The SMILES string of the molecule is CC1(C)C2=C3C=C4C5=[N+](CCC4N(Nc4ccc(C(=O)O)cc4)C3CCN2c2ccc(SOOO)cc21)c1ccc(SOOO)cc1C5(C)C. The van der Waals surface area contributed by atoms with Gasteiger partial charge in [-0.05, 0) is 92.1 Å². The summed E-state index contributed by atoms with van der Waals surface area (Å²) in [5.41, 5.74) is 13.8. The Labute approximate surface area is 297 Å². The first kappa shape index (κ1) is 33.4. The number of carbonyl (C=O) groups is 1. The van der Waals surface area contributed by atoms with Crippen LogP contribution in [0.4, 0.5) is 17.1 Å². The molecule has 0 aliphatic carbocycles. The summed E-state index contributed by atoms with van der Waals surface area (Å²) in [4.78, 5) is 15.7. The molecule has 14 heteroatoms. The van der Waals surface area contributed by atoms with Crippen molar-refractivity contribution in [1.29, 1.82) is 0 Å². The Morgan fingerprint density at radius 3 is 2.24 bits per heavy atom. The molecule has 8 rings (SSSR count). The summed E-state index contributed by atoms with van der Waals surface area (Å²) in [6, 6.07) is 19.4. The van der Waals surface area contributed by atoms with Crippen LogP contribution in [0, 0.1) is 0 Å². The molecule has 4 N–H and O–H groups in total. The van der Waals surface area contributed by atoms with E-state index >= 15 is 0 Å². The standard InChI is InChI=1S/C36H36N4O8S2/c1-35(2)26-17-22(49-47-45-43)9-11-30(26)38-15-13-28-24(32(35)38)19-25-29(40(28)37-21-7-5-20(6-8-21)34(41)42)14-16-39-31-12-10-23(50-48-46-44)18-27(31)36(3,4)33(25)39/h5-12,17-19,28-29,37H,13-16H2,1-4H3,(H2-,41,42,43,44)/p+1. The van der Waals surface area contributed by atoms with E-state index in [9.17, 15) is 9.90 Å². The van der Waals surface area contributed by atoms with Crippen molar-refractivity contribution >= 4 is 52.8 Å². The normalized spacial score (nSPS) is 22.7. The number of hydrogen-bond acceptors (Lipinski definition) is 12. The highest BCUT2D eigenvalue weighted by Gasteiger charge is 2.56. The topological polar surface area (TPSA) is 136 Å². The zero-order chi connectivity index (χ0) is 34.9. The van der Waals surface area contributed by atoms with E-state index in [1.807, 2.05) is 24.3 Å². The molecule has 0 amide bonds. The average molecular weight is 718 g/mol. The van der Waals surface area contributed by atoms with Gasteiger partial charge in [0.25, 0.3) is 0 Å². The second kappa shape index (κ2) is 12.5. The summed E-state index contributed by atoms with van der Waals surface area (Å²) < 4.78 is 12.0. The molecule has 0 radical (unpaired) electrons. The van der Waals surface area contributed by atoms with Crippen molar-refractivity contribution in [2.75, 3.05) is 23.4 Å². The second-order valence-corrected chi connectivity index (χ2v) is 15.7. The van der Waals surface area contributed by atoms with Crippen LogP contribution in [0.15, 0.2) is 93.4 Å². The summed E-state index contributed by atoms with van der Waals surface area (Å²) in [6.45, 7) is 10.7. The number of aromatic carboxylic acids is 1. The maximum absolute atomic E-state index is 11.6. The van der Waals surface area contributed by atoms with Gasteiger partial charge in [-0.15, -0.1) is 8.67 Å². The third-order valence-corrected chi connectivity index (χ3v) is 11.9. The smallest absolute Gasteiger partial charge is 0.335 e. The van der Waals surface area contributed by atoms with E-state index in [0.29, 0.717) is 0 Å². The molecule has 12 nitrogen and oxygen atoms in total. The highest BCUT2D eigenvalue weighted by atomic mass is 32.2. The molecular formula is C36H37N4O8S2+. The first-order valence-electron chi connectivity index (χ1n) is 16.4. The summed E-state index contributed by atoms with van der Waals surface area (Å²) in [5, 5.41) is 37.2. The Hall–Kier alpha value is -3.70. The predicted molar refractivity (Wildman–Crippen MR) is 188 cm³/mol. The zero-order valence-corrected chi connectivity index (χ0v) is 29.5. The van der Waals surface area contributed by atoms with Crippen LogP contribution < -0.4 is 10.3 Å². The fraction of sp³-hybridized carbons (Fsp3) is 0.333. The van der Waals surface area contributed by atoms with Gasteiger partial charge in [0.1, 0.15) is 0 Å². The van der Waals surface area contributed by atoms with Crippen LogP contribution in [0.2, 0.25) is 0 Å². The number of rotatable bonds is 9. The van der Waals surface area contributed by atoms with Gasteiger partial charge in [-0.3, -0.25) is 0 Å². The molecule has 5 aliphatic rings. The van der Waals surface area contributed by atoms with Crippen LogP contribution in [0.5, 0.6) is 0 Å². The molecular weight excluding hydrogens is 681 g/mol. The summed E-state index contributed by atoms with van der Waals surface area (Å²) in [6.07, 6.45) is 4.20. The molecule has 50 heavy (non-hydrogen) atoms. The lowest BCUT2D eigenvalue weighted by Crippen LogP contribution is -2.58. The van der Waals surface area contributed by atoms with Crippen molar-refractivity contribution in [3.05, 3.63) is 100 Å². The number of nitrogens with one attached hydrogen (secondary N) is 1. The van der Waals surface area contributed by atoms with E-state index < -0.39 is 5.97 Å². The van der Waals surface area contributed by atoms with Crippen molar-refractivity contribution in [2.45, 2.75) is 73.2 Å². The van der Waals surface area contributed by atoms with Gasteiger partial charge < -0.3 is 15.4 Å². The van der Waals surface area contributed by atoms with E-state index in [1.54, 1.807) is 12.1 Å². The van der Waals surface area contributed by atoms with Crippen molar-refractivity contribution in [3.8, 4) is 0 Å². The summed E-state index contributed by atoms with van der Waals surface area (Å²) in [5.74, 6) is -0.956. The number of carboxylic acids is 1. The summed E-state index contributed by atoms with van der Waals surface area (Å²) >= 11 is 1.92. The number of hydrazine groups is 1. The van der Waals surface area contributed by atoms with Crippen molar-refractivity contribution in [3.63, 3.8) is 0 Å². The maximum atomic E-state index is 11.6. The van der Waals surface area contributed by atoms with E-state index in [4.69, 9.17) is 19.2 Å². The lowest BCUT2D eigenvalue weighted by Gasteiger charge is -2.49. The number of nitrogens with zero attached hydrogens (tertiary/aromatic N) is 3. The molecule has 0 saturated heterocycles. The number of carboxylic acid groups (broad SMARTS) is 1. The van der Waals surface area contributed by atoms with Gasteiger partial charge >= 0.3 is 5.97 Å². The molecule has 2 atom stereocenters. The van der Waals surface area contributed by atoms with Gasteiger partial charge in [0.05, 0.1) is 47.1 Å². The first-order chi connectivity index (χ1) is 24.0. The van der Waals surface area contributed by atoms with Crippen LogP contribution in [0.3, 0.4) is 0 Å².